The van der Waals surface area contributed by atoms with E-state index in [4.69, 9.17) is 9.72 Å². The first-order valence-corrected chi connectivity index (χ1v) is 10.9. The second-order valence-electron chi connectivity index (χ2n) is 7.87. The van der Waals surface area contributed by atoms with Gasteiger partial charge in [-0.1, -0.05) is 0 Å². The van der Waals surface area contributed by atoms with E-state index in [1.165, 1.54) is 23.5 Å². The average molecular weight is 447 g/mol. The summed E-state index contributed by atoms with van der Waals surface area (Å²) < 4.78 is 48.1. The van der Waals surface area contributed by atoms with E-state index >= 15 is 0 Å². The van der Waals surface area contributed by atoms with Gasteiger partial charge in [-0.2, -0.15) is 13.2 Å². The van der Waals surface area contributed by atoms with Crippen LogP contribution in [0.1, 0.15) is 47.2 Å². The Kier molecular flexibility index (Phi) is 4.93. The molecule has 0 saturated carbocycles. The normalized spacial score (nSPS) is 20.0. The lowest BCUT2D eigenvalue weighted by Crippen LogP contribution is -2.26. The van der Waals surface area contributed by atoms with E-state index in [2.05, 4.69) is 19.7 Å². The van der Waals surface area contributed by atoms with Crippen molar-refractivity contribution in [3.8, 4) is 0 Å². The van der Waals surface area contributed by atoms with Crippen LogP contribution < -0.4 is 0 Å². The van der Waals surface area contributed by atoms with Crippen LogP contribution in [0.2, 0.25) is 0 Å². The summed E-state index contributed by atoms with van der Waals surface area (Å²) >= 11 is 1.49. The van der Waals surface area contributed by atoms with Gasteiger partial charge in [-0.25, -0.2) is 4.98 Å². The zero-order valence-corrected chi connectivity index (χ0v) is 17.8. The van der Waals surface area contributed by atoms with Crippen LogP contribution in [0, 0.1) is 6.92 Å². The van der Waals surface area contributed by atoms with E-state index < -0.39 is 11.7 Å². The highest BCUT2D eigenvalue weighted by molar-refractivity contribution is 7.11. The molecular formula is C21H20F3N5OS. The number of benzene rings is 1. The predicted molar refractivity (Wildman–Crippen MR) is 111 cm³/mol. The maximum atomic E-state index is 13.4. The van der Waals surface area contributed by atoms with Crippen LogP contribution >= 0.6 is 11.3 Å². The van der Waals surface area contributed by atoms with Crippen molar-refractivity contribution >= 4 is 33.3 Å². The van der Waals surface area contributed by atoms with Crippen molar-refractivity contribution in [1.82, 2.24) is 24.7 Å². The Balaban J connectivity index is 1.75. The second kappa shape index (κ2) is 7.52. The van der Waals surface area contributed by atoms with Gasteiger partial charge in [-0.05, 0) is 44.9 Å². The number of fused-ring (bicyclic) bond motifs is 3. The number of rotatable bonds is 3. The Morgan fingerprint density at radius 1 is 1.23 bits per heavy atom. The number of ether oxygens (including phenoxy) is 1. The van der Waals surface area contributed by atoms with Gasteiger partial charge in [-0.15, -0.1) is 21.5 Å². The molecule has 1 aliphatic rings. The lowest BCUT2D eigenvalue weighted by Gasteiger charge is -2.30. The number of nitrogens with zero attached hydrogens (tertiary/aromatic N) is 5. The van der Waals surface area contributed by atoms with Crippen LogP contribution in [0.15, 0.2) is 24.4 Å². The van der Waals surface area contributed by atoms with Gasteiger partial charge < -0.3 is 9.30 Å². The van der Waals surface area contributed by atoms with Crippen LogP contribution in [-0.4, -0.2) is 37.4 Å². The molecule has 6 nitrogen and oxygen atoms in total. The molecule has 162 valence electrons. The lowest BCUT2D eigenvalue weighted by atomic mass is 10.0. The van der Waals surface area contributed by atoms with Crippen molar-refractivity contribution < 1.29 is 17.9 Å². The first kappa shape index (κ1) is 20.3. The molecule has 0 N–H and O–H groups in total. The Morgan fingerprint density at radius 2 is 2.06 bits per heavy atom. The molecule has 1 saturated heterocycles. The van der Waals surface area contributed by atoms with Gasteiger partial charge >= 0.3 is 6.18 Å². The number of aromatic nitrogens is 5. The molecule has 0 bridgehead atoms. The smallest absolute Gasteiger partial charge is 0.378 e. The van der Waals surface area contributed by atoms with E-state index in [9.17, 15) is 13.2 Å². The standard InChI is InChI=1S/C21H20F3N5OS/c1-11-7-14(5-6-30-11)29-18(9-19-28-27-12(2)31-19)26-17-10-25-16-4-3-13(21(22,23)24)8-15(16)20(17)29/h3-4,8,10-11,14H,5-7,9H2,1-2H3/t11-,14-/m1/s1. The number of halogens is 3. The molecule has 2 atom stereocenters. The van der Waals surface area contributed by atoms with Gasteiger partial charge in [0.2, 0.25) is 0 Å². The summed E-state index contributed by atoms with van der Waals surface area (Å²) in [5.41, 5.74) is 1.09. The Labute approximate surface area is 180 Å². The first-order valence-electron chi connectivity index (χ1n) is 10.1. The van der Waals surface area contributed by atoms with E-state index in [1.54, 1.807) is 6.20 Å². The Morgan fingerprint density at radius 3 is 2.77 bits per heavy atom. The SMILES string of the molecule is Cc1nnc(Cc2nc3cnc4ccc(C(F)(F)F)cc4c3n2[C@@H]2CCO[C@H](C)C2)s1. The topological polar surface area (TPSA) is 65.7 Å². The molecular weight excluding hydrogens is 427 g/mol. The summed E-state index contributed by atoms with van der Waals surface area (Å²) in [6.07, 6.45) is -0.740. The summed E-state index contributed by atoms with van der Waals surface area (Å²) in [6, 6.07) is 3.75. The Bertz CT molecular complexity index is 1270. The second-order valence-corrected chi connectivity index (χ2v) is 9.14. The van der Waals surface area contributed by atoms with E-state index in [0.717, 1.165) is 34.7 Å². The van der Waals surface area contributed by atoms with Crippen molar-refractivity contribution in [2.75, 3.05) is 6.61 Å². The number of hydrogen-bond donors (Lipinski definition) is 0. The van der Waals surface area contributed by atoms with Gasteiger partial charge in [0, 0.05) is 18.0 Å². The van der Waals surface area contributed by atoms with Crippen LogP contribution in [0.4, 0.5) is 13.2 Å². The lowest BCUT2D eigenvalue weighted by molar-refractivity contribution is -0.137. The molecule has 4 aromatic rings. The van der Waals surface area contributed by atoms with Crippen molar-refractivity contribution in [2.45, 2.75) is 51.4 Å². The number of hydrogen-bond acceptors (Lipinski definition) is 6. The molecule has 0 spiro atoms. The maximum absolute atomic E-state index is 13.4. The highest BCUT2D eigenvalue weighted by atomic mass is 32.1. The molecule has 10 heteroatoms. The number of aryl methyl sites for hydroxylation is 1. The molecule has 3 aromatic heterocycles. The summed E-state index contributed by atoms with van der Waals surface area (Å²) in [4.78, 5) is 9.14. The molecule has 1 fully saturated rings. The third-order valence-electron chi connectivity index (χ3n) is 5.62. The first-order chi connectivity index (χ1) is 14.8. The van der Waals surface area contributed by atoms with E-state index in [1.807, 2.05) is 13.8 Å². The zero-order valence-electron chi connectivity index (χ0n) is 17.0. The highest BCUT2D eigenvalue weighted by Crippen LogP contribution is 2.37. The zero-order chi connectivity index (χ0) is 21.8. The summed E-state index contributed by atoms with van der Waals surface area (Å²) in [6.45, 7) is 4.50. The van der Waals surface area contributed by atoms with Gasteiger partial charge in [0.05, 0.1) is 35.3 Å². The van der Waals surface area contributed by atoms with E-state index in [-0.39, 0.29) is 12.1 Å². The molecule has 0 radical (unpaired) electrons. The third-order valence-corrected chi connectivity index (χ3v) is 6.45. The van der Waals surface area contributed by atoms with E-state index in [0.29, 0.717) is 35.0 Å². The number of imidazole rings is 1. The molecule has 31 heavy (non-hydrogen) atoms. The molecule has 0 aliphatic carbocycles. The van der Waals surface area contributed by atoms with Crippen LogP contribution in [0.5, 0.6) is 0 Å². The van der Waals surface area contributed by atoms with Crippen LogP contribution in [0.25, 0.3) is 21.9 Å². The predicted octanol–water partition coefficient (Wildman–Crippen LogP) is 5.09. The van der Waals surface area contributed by atoms with Crippen LogP contribution in [0.3, 0.4) is 0 Å². The fourth-order valence-corrected chi connectivity index (χ4v) is 4.98. The summed E-state index contributed by atoms with van der Waals surface area (Å²) in [5, 5.41) is 10.4. The highest BCUT2D eigenvalue weighted by Gasteiger charge is 2.32. The summed E-state index contributed by atoms with van der Waals surface area (Å²) in [5.74, 6) is 0.761. The molecule has 1 aromatic carbocycles. The van der Waals surface area contributed by atoms with Crippen molar-refractivity contribution in [3.05, 3.63) is 45.8 Å². The van der Waals surface area contributed by atoms with Crippen LogP contribution in [-0.2, 0) is 17.3 Å². The maximum Gasteiger partial charge on any atom is 0.416 e. The summed E-state index contributed by atoms with van der Waals surface area (Å²) in [7, 11) is 0. The van der Waals surface area contributed by atoms with Gasteiger partial charge in [-0.3, -0.25) is 4.98 Å². The quantitative estimate of drug-likeness (QED) is 0.438. The monoisotopic (exact) mass is 447 g/mol. The van der Waals surface area contributed by atoms with Gasteiger partial charge in [0.15, 0.2) is 0 Å². The van der Waals surface area contributed by atoms with Crippen molar-refractivity contribution in [2.24, 2.45) is 0 Å². The average Bonchev–Trinajstić information content (AvgIpc) is 3.30. The molecule has 5 rings (SSSR count). The number of pyridine rings is 1. The fourth-order valence-electron chi connectivity index (χ4n) is 4.27. The third kappa shape index (κ3) is 3.78. The molecule has 0 amide bonds. The minimum Gasteiger partial charge on any atom is -0.378 e. The van der Waals surface area contributed by atoms with Gasteiger partial charge in [0.25, 0.3) is 0 Å². The Hall–Kier alpha value is -2.59. The minimum atomic E-state index is -4.43. The fraction of sp³-hybridized carbons (Fsp3) is 0.429. The minimum absolute atomic E-state index is 0.0617. The van der Waals surface area contributed by atoms with Crippen molar-refractivity contribution in [1.29, 1.82) is 0 Å². The molecule has 4 heterocycles. The number of alkyl halides is 3. The van der Waals surface area contributed by atoms with Crippen molar-refractivity contribution in [3.63, 3.8) is 0 Å². The largest absolute Gasteiger partial charge is 0.416 e. The molecule has 1 aliphatic heterocycles. The van der Waals surface area contributed by atoms with Gasteiger partial charge in [0.1, 0.15) is 21.4 Å². The molecule has 0 unspecified atom stereocenters.